The quantitative estimate of drug-likeness (QED) is 0.543. The highest BCUT2D eigenvalue weighted by Crippen LogP contribution is 2.15. The smallest absolute Gasteiger partial charge is 0.162 e. The molecule has 1 atom stereocenters. The van der Waals surface area contributed by atoms with Crippen LogP contribution in [0.15, 0.2) is 36.9 Å². The third kappa shape index (κ3) is 3.24. The lowest BCUT2D eigenvalue weighted by Crippen LogP contribution is -2.07. The van der Waals surface area contributed by atoms with E-state index in [0.717, 1.165) is 11.3 Å². The molecule has 1 aromatic carbocycles. The highest BCUT2D eigenvalue weighted by Gasteiger charge is 2.03. The number of Topliss-reactive ketones (excluding diaryl/α,β-unsaturated/α-hetero) is 1. The molecule has 0 spiro atoms. The zero-order valence-corrected chi connectivity index (χ0v) is 9.19. The van der Waals surface area contributed by atoms with Gasteiger partial charge in [0.1, 0.15) is 11.9 Å². The Bertz CT molecular complexity index is 338. The Morgan fingerprint density at radius 2 is 2.07 bits per heavy atom. The van der Waals surface area contributed by atoms with Crippen molar-refractivity contribution in [1.29, 1.82) is 0 Å². The first-order valence-corrected chi connectivity index (χ1v) is 5.09. The summed E-state index contributed by atoms with van der Waals surface area (Å²) in [6.07, 6.45) is 2.24. The molecule has 0 saturated heterocycles. The summed E-state index contributed by atoms with van der Waals surface area (Å²) in [4.78, 5) is 11.3. The van der Waals surface area contributed by atoms with Gasteiger partial charge < -0.3 is 4.74 Å². The van der Waals surface area contributed by atoms with Crippen molar-refractivity contribution in [2.75, 3.05) is 0 Å². The number of carbonyl (C=O) groups excluding carboxylic acids is 1. The monoisotopic (exact) mass is 204 g/mol. The van der Waals surface area contributed by atoms with E-state index in [-0.39, 0.29) is 11.9 Å². The molecule has 0 N–H and O–H groups in total. The minimum absolute atomic E-state index is 0.0160. The molecular weight excluding hydrogens is 188 g/mol. The Morgan fingerprint density at radius 3 is 2.53 bits per heavy atom. The number of benzene rings is 1. The Kier molecular flexibility index (Phi) is 4.10. The number of ether oxygens (including phenoxy) is 1. The van der Waals surface area contributed by atoms with Gasteiger partial charge in [-0.25, -0.2) is 0 Å². The van der Waals surface area contributed by atoms with E-state index in [4.69, 9.17) is 4.74 Å². The molecule has 2 nitrogen and oxygen atoms in total. The van der Waals surface area contributed by atoms with Crippen molar-refractivity contribution in [2.24, 2.45) is 0 Å². The Hall–Kier alpha value is -1.57. The van der Waals surface area contributed by atoms with Crippen molar-refractivity contribution < 1.29 is 9.53 Å². The Morgan fingerprint density at radius 1 is 1.47 bits per heavy atom. The van der Waals surface area contributed by atoms with Crippen LogP contribution in [0.2, 0.25) is 0 Å². The van der Waals surface area contributed by atoms with Crippen molar-refractivity contribution in [3.63, 3.8) is 0 Å². The summed E-state index contributed by atoms with van der Waals surface area (Å²) in [6, 6.07) is 7.19. The lowest BCUT2D eigenvalue weighted by molar-refractivity contribution is 0.0988. The van der Waals surface area contributed by atoms with Gasteiger partial charge in [0.05, 0.1) is 0 Å². The minimum Gasteiger partial charge on any atom is -0.487 e. The van der Waals surface area contributed by atoms with Crippen molar-refractivity contribution in [3.8, 4) is 5.75 Å². The van der Waals surface area contributed by atoms with E-state index in [1.165, 1.54) is 0 Å². The molecule has 2 heteroatoms. The van der Waals surface area contributed by atoms with Gasteiger partial charge in [-0.05, 0) is 31.2 Å². The van der Waals surface area contributed by atoms with Gasteiger partial charge in [0, 0.05) is 12.0 Å². The van der Waals surface area contributed by atoms with Crippen LogP contribution in [0.1, 0.15) is 30.6 Å². The van der Waals surface area contributed by atoms with Crippen molar-refractivity contribution >= 4 is 5.78 Å². The minimum atomic E-state index is -0.0160. The second-order valence-electron chi connectivity index (χ2n) is 3.36. The van der Waals surface area contributed by atoms with E-state index in [2.05, 4.69) is 6.58 Å². The second kappa shape index (κ2) is 5.35. The molecule has 1 rings (SSSR count). The molecule has 15 heavy (non-hydrogen) atoms. The van der Waals surface area contributed by atoms with Crippen LogP contribution in [0.4, 0.5) is 0 Å². The molecule has 0 fully saturated rings. The van der Waals surface area contributed by atoms with Gasteiger partial charge in [-0.2, -0.15) is 0 Å². The molecule has 0 saturated carbocycles. The van der Waals surface area contributed by atoms with E-state index in [0.29, 0.717) is 6.42 Å². The summed E-state index contributed by atoms with van der Waals surface area (Å²) in [5.74, 6) is 0.911. The topological polar surface area (TPSA) is 26.3 Å². The van der Waals surface area contributed by atoms with E-state index < -0.39 is 0 Å². The zero-order chi connectivity index (χ0) is 11.3. The lowest BCUT2D eigenvalue weighted by atomic mass is 10.1. The summed E-state index contributed by atoms with van der Waals surface area (Å²) in [5, 5.41) is 0. The first-order valence-electron chi connectivity index (χ1n) is 5.09. The molecule has 1 aromatic rings. The van der Waals surface area contributed by atoms with Crippen molar-refractivity contribution in [2.45, 2.75) is 26.4 Å². The second-order valence-corrected chi connectivity index (χ2v) is 3.36. The van der Waals surface area contributed by atoms with E-state index >= 15 is 0 Å². The fraction of sp³-hybridized carbons (Fsp3) is 0.308. The number of hydrogen-bond acceptors (Lipinski definition) is 2. The normalized spacial score (nSPS) is 11.9. The molecule has 80 valence electrons. The van der Waals surface area contributed by atoms with Crippen LogP contribution in [-0.4, -0.2) is 11.9 Å². The van der Waals surface area contributed by atoms with Gasteiger partial charge in [-0.3, -0.25) is 4.79 Å². The van der Waals surface area contributed by atoms with Crippen LogP contribution in [0.3, 0.4) is 0 Å². The van der Waals surface area contributed by atoms with E-state index in [1.54, 1.807) is 18.2 Å². The van der Waals surface area contributed by atoms with Gasteiger partial charge in [0.25, 0.3) is 0 Å². The molecular formula is C13H16O2. The highest BCUT2D eigenvalue weighted by molar-refractivity contribution is 5.95. The number of hydrogen-bond donors (Lipinski definition) is 0. The first-order chi connectivity index (χ1) is 7.17. The van der Waals surface area contributed by atoms with Gasteiger partial charge in [-0.1, -0.05) is 19.6 Å². The average Bonchev–Trinajstić information content (AvgIpc) is 2.29. The predicted octanol–water partition coefficient (Wildman–Crippen LogP) is 3.23. The third-order valence-corrected chi connectivity index (χ3v) is 2.15. The van der Waals surface area contributed by atoms with Gasteiger partial charge in [0.15, 0.2) is 5.78 Å². The van der Waals surface area contributed by atoms with Crippen LogP contribution in [0.25, 0.3) is 0 Å². The van der Waals surface area contributed by atoms with E-state index in [1.807, 2.05) is 26.0 Å². The summed E-state index contributed by atoms with van der Waals surface area (Å²) in [7, 11) is 0. The van der Waals surface area contributed by atoms with Crippen LogP contribution < -0.4 is 4.74 Å². The SMILES string of the molecule is C=CC(C)Oc1ccc(C(=O)CC)cc1. The zero-order valence-electron chi connectivity index (χ0n) is 9.19. The molecule has 0 aromatic heterocycles. The number of ketones is 1. The van der Waals surface area contributed by atoms with Crippen molar-refractivity contribution in [3.05, 3.63) is 42.5 Å². The Labute approximate surface area is 90.6 Å². The van der Waals surface area contributed by atoms with Gasteiger partial charge in [0.2, 0.25) is 0 Å². The maximum absolute atomic E-state index is 11.3. The Balaban J connectivity index is 2.72. The molecule has 0 aliphatic rings. The first kappa shape index (κ1) is 11.5. The van der Waals surface area contributed by atoms with Crippen LogP contribution in [0, 0.1) is 0 Å². The summed E-state index contributed by atoms with van der Waals surface area (Å²) >= 11 is 0. The largest absolute Gasteiger partial charge is 0.487 e. The average molecular weight is 204 g/mol. The maximum atomic E-state index is 11.3. The van der Waals surface area contributed by atoms with Crippen LogP contribution in [0.5, 0.6) is 5.75 Å². The fourth-order valence-electron chi connectivity index (χ4n) is 1.19. The predicted molar refractivity (Wildman–Crippen MR) is 61.4 cm³/mol. The number of rotatable bonds is 5. The van der Waals surface area contributed by atoms with Crippen LogP contribution in [-0.2, 0) is 0 Å². The van der Waals surface area contributed by atoms with Crippen LogP contribution >= 0.6 is 0 Å². The molecule has 0 bridgehead atoms. The highest BCUT2D eigenvalue weighted by atomic mass is 16.5. The number of carbonyl (C=O) groups is 1. The summed E-state index contributed by atoms with van der Waals surface area (Å²) in [5.41, 5.74) is 0.733. The van der Waals surface area contributed by atoms with Gasteiger partial charge >= 0.3 is 0 Å². The van der Waals surface area contributed by atoms with E-state index in [9.17, 15) is 4.79 Å². The standard InChI is InChI=1S/C13H16O2/c1-4-10(3)15-12-8-6-11(7-9-12)13(14)5-2/h4,6-10H,1,5H2,2-3H3. The lowest BCUT2D eigenvalue weighted by Gasteiger charge is -2.10. The molecule has 0 aliphatic heterocycles. The van der Waals surface area contributed by atoms with Gasteiger partial charge in [-0.15, -0.1) is 0 Å². The molecule has 1 unspecified atom stereocenters. The summed E-state index contributed by atoms with van der Waals surface area (Å²) < 4.78 is 5.50. The fourth-order valence-corrected chi connectivity index (χ4v) is 1.19. The molecule has 0 aliphatic carbocycles. The molecule has 0 heterocycles. The molecule has 0 radical (unpaired) electrons. The molecule has 0 amide bonds. The van der Waals surface area contributed by atoms with Crippen molar-refractivity contribution in [1.82, 2.24) is 0 Å². The summed E-state index contributed by atoms with van der Waals surface area (Å²) in [6.45, 7) is 7.41. The third-order valence-electron chi connectivity index (χ3n) is 2.15. The maximum Gasteiger partial charge on any atom is 0.162 e.